The number of unbranched alkanes of at least 4 members (excludes halogenated alkanes) is 1. The van der Waals surface area contributed by atoms with Gasteiger partial charge in [-0.15, -0.1) is 0 Å². The molecule has 0 rings (SSSR count). The second-order valence-corrected chi connectivity index (χ2v) is 4.19. The Morgan fingerprint density at radius 1 is 1.17 bits per heavy atom. The molecule has 0 atom stereocenters. The number of nitrogens with one attached hydrogen (secondary N) is 1. The summed E-state index contributed by atoms with van der Waals surface area (Å²) in [7, 11) is 0. The molecule has 0 radical (unpaired) electrons. The molecule has 18 heavy (non-hydrogen) atoms. The third-order valence-electron chi connectivity index (χ3n) is 2.78. The molecule has 3 heteroatoms. The maximum Gasteiger partial charge on any atom is 0.0426 e. The lowest BCUT2D eigenvalue weighted by Gasteiger charge is -2.07. The highest BCUT2D eigenvalue weighted by Gasteiger charge is 2.00. The Labute approximate surface area is 112 Å². The predicted octanol–water partition coefficient (Wildman–Crippen LogP) is 3.74. The van der Waals surface area contributed by atoms with Crippen LogP contribution in [0.1, 0.15) is 46.0 Å². The van der Waals surface area contributed by atoms with E-state index in [0.717, 1.165) is 38.0 Å². The van der Waals surface area contributed by atoms with Crippen LogP contribution < -0.4 is 5.32 Å². The fourth-order valence-electron chi connectivity index (χ4n) is 1.74. The van der Waals surface area contributed by atoms with Crippen LogP contribution in [0, 0.1) is 0 Å². The normalized spacial score (nSPS) is 12.6. The van der Waals surface area contributed by atoms with Gasteiger partial charge in [0, 0.05) is 11.9 Å². The van der Waals surface area contributed by atoms with Crippen molar-refractivity contribution in [2.75, 3.05) is 13.1 Å². The first-order valence-corrected chi connectivity index (χ1v) is 6.81. The molecular weight excluding hydrogens is 222 g/mol. The molecule has 0 saturated carbocycles. The van der Waals surface area contributed by atoms with Gasteiger partial charge in [0.1, 0.15) is 0 Å². The fourth-order valence-corrected chi connectivity index (χ4v) is 1.74. The minimum Gasteiger partial charge on any atom is -0.317 e. The van der Waals surface area contributed by atoms with Crippen molar-refractivity contribution in [1.29, 1.82) is 0 Å². The summed E-state index contributed by atoms with van der Waals surface area (Å²) in [5, 5.41) is 3.44. The average molecular weight is 249 g/mol. The number of aliphatic imine (C=N–C) groups is 2. The van der Waals surface area contributed by atoms with Crippen LogP contribution in [-0.4, -0.2) is 26.5 Å². The summed E-state index contributed by atoms with van der Waals surface area (Å²) < 4.78 is 0. The summed E-state index contributed by atoms with van der Waals surface area (Å²) >= 11 is 0. The molecule has 0 amide bonds. The molecule has 0 unspecified atom stereocenters. The Balaban J connectivity index is 4.18. The van der Waals surface area contributed by atoms with Crippen LogP contribution in [-0.2, 0) is 0 Å². The van der Waals surface area contributed by atoms with E-state index in [-0.39, 0.29) is 0 Å². The molecule has 0 aliphatic heterocycles. The van der Waals surface area contributed by atoms with E-state index in [9.17, 15) is 0 Å². The van der Waals surface area contributed by atoms with Crippen LogP contribution in [0.2, 0.25) is 0 Å². The average Bonchev–Trinajstić information content (AvgIpc) is 2.40. The smallest absolute Gasteiger partial charge is 0.0426 e. The van der Waals surface area contributed by atoms with Gasteiger partial charge in [-0.3, -0.25) is 9.98 Å². The van der Waals surface area contributed by atoms with Gasteiger partial charge >= 0.3 is 0 Å². The standard InChI is InChI=1S/C15H27N3/c1-5-7-11-18-12-8-9-14(10-13-16-3)15(6-2)17-4/h10,13,18H,3-9,11-12H2,1-2H3/b13-10-,15-14+. The van der Waals surface area contributed by atoms with Gasteiger partial charge in [0.25, 0.3) is 0 Å². The highest BCUT2D eigenvalue weighted by Crippen LogP contribution is 2.16. The van der Waals surface area contributed by atoms with Gasteiger partial charge in [-0.25, -0.2) is 0 Å². The molecule has 0 bridgehead atoms. The number of allylic oxidation sites excluding steroid dienone is 3. The summed E-state index contributed by atoms with van der Waals surface area (Å²) in [6.45, 7) is 13.5. The topological polar surface area (TPSA) is 36.8 Å². The van der Waals surface area contributed by atoms with Crippen molar-refractivity contribution in [2.24, 2.45) is 9.98 Å². The van der Waals surface area contributed by atoms with Gasteiger partial charge in [-0.1, -0.05) is 20.3 Å². The molecule has 0 spiro atoms. The van der Waals surface area contributed by atoms with Gasteiger partial charge in [-0.05, 0) is 63.9 Å². The maximum absolute atomic E-state index is 4.08. The van der Waals surface area contributed by atoms with Crippen LogP contribution in [0.15, 0.2) is 33.5 Å². The molecular formula is C15H27N3. The quantitative estimate of drug-likeness (QED) is 0.338. The lowest BCUT2D eigenvalue weighted by molar-refractivity contribution is 0.616. The molecule has 0 aromatic carbocycles. The van der Waals surface area contributed by atoms with Gasteiger partial charge in [-0.2, -0.15) is 0 Å². The van der Waals surface area contributed by atoms with Crippen molar-refractivity contribution in [3.05, 3.63) is 23.5 Å². The Kier molecular flexibility index (Phi) is 11.4. The predicted molar refractivity (Wildman–Crippen MR) is 82.6 cm³/mol. The summed E-state index contributed by atoms with van der Waals surface area (Å²) in [6.07, 6.45) is 9.23. The number of rotatable bonds is 11. The van der Waals surface area contributed by atoms with Gasteiger partial charge in [0.05, 0.1) is 0 Å². The second kappa shape index (κ2) is 12.2. The van der Waals surface area contributed by atoms with Gasteiger partial charge in [0.15, 0.2) is 0 Å². The molecule has 0 aromatic heterocycles. The monoisotopic (exact) mass is 249 g/mol. The summed E-state index contributed by atoms with van der Waals surface area (Å²) in [4.78, 5) is 7.84. The largest absolute Gasteiger partial charge is 0.317 e. The molecule has 102 valence electrons. The Morgan fingerprint density at radius 2 is 1.89 bits per heavy atom. The van der Waals surface area contributed by atoms with E-state index in [1.165, 1.54) is 18.4 Å². The van der Waals surface area contributed by atoms with Crippen LogP contribution in [0.25, 0.3) is 0 Å². The van der Waals surface area contributed by atoms with E-state index >= 15 is 0 Å². The van der Waals surface area contributed by atoms with Crippen molar-refractivity contribution < 1.29 is 0 Å². The van der Waals surface area contributed by atoms with Crippen molar-refractivity contribution in [3.63, 3.8) is 0 Å². The van der Waals surface area contributed by atoms with Crippen LogP contribution in [0.3, 0.4) is 0 Å². The highest BCUT2D eigenvalue weighted by molar-refractivity contribution is 5.35. The fraction of sp³-hybridized carbons (Fsp3) is 0.600. The molecule has 0 aromatic rings. The van der Waals surface area contributed by atoms with Crippen molar-refractivity contribution in [3.8, 4) is 0 Å². The molecule has 3 nitrogen and oxygen atoms in total. The van der Waals surface area contributed by atoms with Gasteiger partial charge in [0.2, 0.25) is 0 Å². The first-order valence-electron chi connectivity index (χ1n) is 6.81. The Hall–Kier alpha value is -1.22. The highest BCUT2D eigenvalue weighted by atomic mass is 14.8. The van der Waals surface area contributed by atoms with Crippen LogP contribution >= 0.6 is 0 Å². The van der Waals surface area contributed by atoms with E-state index in [4.69, 9.17) is 0 Å². The molecule has 0 heterocycles. The van der Waals surface area contributed by atoms with Gasteiger partial charge < -0.3 is 5.32 Å². The Morgan fingerprint density at radius 3 is 2.44 bits per heavy atom. The zero-order valence-corrected chi connectivity index (χ0v) is 11.9. The van der Waals surface area contributed by atoms with Crippen molar-refractivity contribution in [1.82, 2.24) is 5.32 Å². The number of hydrogen-bond acceptors (Lipinski definition) is 3. The molecule has 0 aliphatic carbocycles. The zero-order valence-electron chi connectivity index (χ0n) is 11.9. The number of hydrogen-bond donors (Lipinski definition) is 1. The third-order valence-corrected chi connectivity index (χ3v) is 2.78. The van der Waals surface area contributed by atoms with E-state index < -0.39 is 0 Å². The van der Waals surface area contributed by atoms with Crippen LogP contribution in [0.4, 0.5) is 0 Å². The molecule has 0 saturated heterocycles. The Bertz CT molecular complexity index is 290. The minimum atomic E-state index is 0.906. The lowest BCUT2D eigenvalue weighted by Crippen LogP contribution is -2.16. The minimum absolute atomic E-state index is 0.906. The molecule has 0 aliphatic rings. The first-order chi connectivity index (χ1) is 8.79. The van der Waals surface area contributed by atoms with E-state index in [1.54, 1.807) is 6.20 Å². The summed E-state index contributed by atoms with van der Waals surface area (Å²) in [6, 6.07) is 0. The van der Waals surface area contributed by atoms with Crippen molar-refractivity contribution in [2.45, 2.75) is 46.0 Å². The van der Waals surface area contributed by atoms with Crippen LogP contribution in [0.5, 0.6) is 0 Å². The summed E-state index contributed by atoms with van der Waals surface area (Å²) in [5.41, 5.74) is 2.28. The second-order valence-electron chi connectivity index (χ2n) is 4.19. The zero-order chi connectivity index (χ0) is 13.6. The third kappa shape index (κ3) is 7.96. The maximum atomic E-state index is 4.08. The van der Waals surface area contributed by atoms with E-state index in [1.807, 2.05) is 6.08 Å². The van der Waals surface area contributed by atoms with E-state index in [2.05, 4.69) is 42.6 Å². The lowest BCUT2D eigenvalue weighted by atomic mass is 10.1. The SMILES string of the molecule is C=N/C=C\C(CCCNCCCC)=C(/CC)N=C. The summed E-state index contributed by atoms with van der Waals surface area (Å²) in [5.74, 6) is 0. The van der Waals surface area contributed by atoms with Crippen molar-refractivity contribution >= 4 is 13.4 Å². The number of nitrogens with zero attached hydrogens (tertiary/aromatic N) is 2. The van der Waals surface area contributed by atoms with E-state index in [0.29, 0.717) is 0 Å². The first kappa shape index (κ1) is 16.8. The molecule has 0 fully saturated rings. The molecule has 1 N–H and O–H groups in total.